The number of rotatable bonds is 2. The van der Waals surface area contributed by atoms with E-state index < -0.39 is 0 Å². The minimum atomic E-state index is -0.255. The van der Waals surface area contributed by atoms with Gasteiger partial charge < -0.3 is 10.6 Å². The quantitative estimate of drug-likeness (QED) is 0.847. The lowest BCUT2D eigenvalue weighted by Crippen LogP contribution is -2.20. The second kappa shape index (κ2) is 5.31. The van der Waals surface area contributed by atoms with Gasteiger partial charge in [-0.25, -0.2) is 4.79 Å². The van der Waals surface area contributed by atoms with E-state index in [1.165, 1.54) is 0 Å². The van der Waals surface area contributed by atoms with Crippen LogP contribution in [-0.2, 0) is 0 Å². The van der Waals surface area contributed by atoms with Crippen LogP contribution in [0, 0.1) is 13.8 Å². The first-order valence-corrected chi connectivity index (χ1v) is 5.71. The molecule has 2 amide bonds. The Morgan fingerprint density at radius 1 is 1.06 bits per heavy atom. The van der Waals surface area contributed by atoms with Gasteiger partial charge in [-0.3, -0.25) is 4.98 Å². The Morgan fingerprint density at radius 3 is 2.50 bits per heavy atom. The van der Waals surface area contributed by atoms with Gasteiger partial charge in [-0.1, -0.05) is 12.1 Å². The molecule has 4 nitrogen and oxygen atoms in total. The van der Waals surface area contributed by atoms with Crippen LogP contribution in [0.1, 0.15) is 11.1 Å². The highest BCUT2D eigenvalue weighted by molar-refractivity contribution is 6.00. The molecule has 0 aliphatic carbocycles. The summed E-state index contributed by atoms with van der Waals surface area (Å²) in [5.74, 6) is 0. The van der Waals surface area contributed by atoms with Gasteiger partial charge >= 0.3 is 6.03 Å². The molecule has 0 saturated carbocycles. The third kappa shape index (κ3) is 2.85. The summed E-state index contributed by atoms with van der Waals surface area (Å²) in [6.07, 6.45) is 3.26. The first-order valence-electron chi connectivity index (χ1n) is 5.71. The van der Waals surface area contributed by atoms with Crippen LogP contribution in [0.4, 0.5) is 16.2 Å². The summed E-state index contributed by atoms with van der Waals surface area (Å²) >= 11 is 0. The molecule has 0 fully saturated rings. The fourth-order valence-corrected chi connectivity index (χ4v) is 1.61. The number of hydrogen-bond acceptors (Lipinski definition) is 2. The summed E-state index contributed by atoms with van der Waals surface area (Å²) in [5.41, 5.74) is 3.76. The molecular formula is C14H15N3O. The van der Waals surface area contributed by atoms with Crippen LogP contribution >= 0.6 is 0 Å². The summed E-state index contributed by atoms with van der Waals surface area (Å²) < 4.78 is 0. The van der Waals surface area contributed by atoms with Crippen LogP contribution in [-0.4, -0.2) is 11.0 Å². The van der Waals surface area contributed by atoms with Crippen LogP contribution in [0.3, 0.4) is 0 Å². The van der Waals surface area contributed by atoms with Crippen molar-refractivity contribution in [3.63, 3.8) is 0 Å². The number of hydrogen-bond donors (Lipinski definition) is 2. The smallest absolute Gasteiger partial charge is 0.308 e. The molecule has 92 valence electrons. The second-order valence-corrected chi connectivity index (χ2v) is 4.06. The predicted molar refractivity (Wildman–Crippen MR) is 72.8 cm³/mol. The number of aromatic nitrogens is 1. The Bertz CT molecular complexity index is 552. The van der Waals surface area contributed by atoms with Crippen molar-refractivity contribution in [2.45, 2.75) is 13.8 Å². The summed E-state index contributed by atoms with van der Waals surface area (Å²) in [5, 5.41) is 5.58. The van der Waals surface area contributed by atoms with Gasteiger partial charge in [0.1, 0.15) is 0 Å². The number of carbonyl (C=O) groups is 1. The van der Waals surface area contributed by atoms with Gasteiger partial charge in [0.2, 0.25) is 0 Å². The van der Waals surface area contributed by atoms with E-state index in [-0.39, 0.29) is 6.03 Å². The molecule has 0 unspecified atom stereocenters. The van der Waals surface area contributed by atoms with Crippen LogP contribution in [0.5, 0.6) is 0 Å². The zero-order valence-corrected chi connectivity index (χ0v) is 10.4. The van der Waals surface area contributed by atoms with Crippen molar-refractivity contribution in [3.8, 4) is 0 Å². The molecule has 0 aliphatic rings. The zero-order chi connectivity index (χ0) is 13.0. The standard InChI is InChI=1S/C14H15N3O/c1-10-4-3-5-13(11(10)2)17-14(18)16-12-6-8-15-9-7-12/h3-9H,1-2H3,(H2,15,16,17,18). The summed E-state index contributed by atoms with van der Waals surface area (Å²) in [4.78, 5) is 15.7. The van der Waals surface area contributed by atoms with Gasteiger partial charge in [-0.05, 0) is 43.2 Å². The lowest BCUT2D eigenvalue weighted by Gasteiger charge is -2.11. The highest BCUT2D eigenvalue weighted by atomic mass is 16.2. The predicted octanol–water partition coefficient (Wildman–Crippen LogP) is 3.34. The third-order valence-corrected chi connectivity index (χ3v) is 2.79. The van der Waals surface area contributed by atoms with Crippen LogP contribution in [0.25, 0.3) is 0 Å². The number of nitrogens with zero attached hydrogens (tertiary/aromatic N) is 1. The van der Waals surface area contributed by atoms with Crippen molar-refractivity contribution in [2.24, 2.45) is 0 Å². The maximum Gasteiger partial charge on any atom is 0.323 e. The van der Waals surface area contributed by atoms with E-state index in [0.717, 1.165) is 16.8 Å². The van der Waals surface area contributed by atoms with E-state index in [2.05, 4.69) is 15.6 Å². The number of aryl methyl sites for hydroxylation is 1. The average molecular weight is 241 g/mol. The van der Waals surface area contributed by atoms with Crippen molar-refractivity contribution in [1.82, 2.24) is 4.98 Å². The van der Waals surface area contributed by atoms with Crippen molar-refractivity contribution in [2.75, 3.05) is 10.6 Å². The molecule has 0 radical (unpaired) electrons. The Hall–Kier alpha value is -2.36. The monoisotopic (exact) mass is 241 g/mol. The fourth-order valence-electron chi connectivity index (χ4n) is 1.61. The Balaban J connectivity index is 2.06. The average Bonchev–Trinajstić information content (AvgIpc) is 2.36. The van der Waals surface area contributed by atoms with E-state index in [9.17, 15) is 4.79 Å². The van der Waals surface area contributed by atoms with E-state index in [1.54, 1.807) is 24.5 Å². The molecular weight excluding hydrogens is 226 g/mol. The number of pyridine rings is 1. The number of nitrogens with one attached hydrogen (secondary N) is 2. The molecule has 1 heterocycles. The molecule has 0 atom stereocenters. The minimum Gasteiger partial charge on any atom is -0.308 e. The minimum absolute atomic E-state index is 0.255. The van der Waals surface area contributed by atoms with E-state index in [1.807, 2.05) is 32.0 Å². The van der Waals surface area contributed by atoms with E-state index in [4.69, 9.17) is 0 Å². The van der Waals surface area contributed by atoms with Gasteiger partial charge in [0.05, 0.1) is 0 Å². The lowest BCUT2D eigenvalue weighted by molar-refractivity contribution is 0.262. The van der Waals surface area contributed by atoms with Crippen molar-refractivity contribution in [1.29, 1.82) is 0 Å². The SMILES string of the molecule is Cc1cccc(NC(=O)Nc2ccncc2)c1C. The molecule has 0 aliphatic heterocycles. The highest BCUT2D eigenvalue weighted by Gasteiger charge is 2.05. The molecule has 0 spiro atoms. The Kier molecular flexibility index (Phi) is 3.57. The van der Waals surface area contributed by atoms with E-state index in [0.29, 0.717) is 5.69 Å². The van der Waals surface area contributed by atoms with Crippen LogP contribution in [0.15, 0.2) is 42.7 Å². The number of urea groups is 1. The highest BCUT2D eigenvalue weighted by Crippen LogP contribution is 2.18. The fraction of sp³-hybridized carbons (Fsp3) is 0.143. The lowest BCUT2D eigenvalue weighted by atomic mass is 10.1. The first-order chi connectivity index (χ1) is 8.66. The van der Waals surface area contributed by atoms with Gasteiger partial charge in [-0.2, -0.15) is 0 Å². The molecule has 2 rings (SSSR count). The molecule has 1 aromatic heterocycles. The molecule has 1 aromatic carbocycles. The topological polar surface area (TPSA) is 54.0 Å². The van der Waals surface area contributed by atoms with Gasteiger partial charge in [0, 0.05) is 23.8 Å². The molecule has 0 bridgehead atoms. The first kappa shape index (κ1) is 12.1. The van der Waals surface area contributed by atoms with Crippen molar-refractivity contribution < 1.29 is 4.79 Å². The third-order valence-electron chi connectivity index (χ3n) is 2.79. The number of anilines is 2. The van der Waals surface area contributed by atoms with Crippen molar-refractivity contribution in [3.05, 3.63) is 53.9 Å². The number of benzene rings is 1. The Labute approximate surface area is 106 Å². The molecule has 0 saturated heterocycles. The van der Waals surface area contributed by atoms with Crippen LogP contribution < -0.4 is 10.6 Å². The number of amides is 2. The maximum atomic E-state index is 11.8. The zero-order valence-electron chi connectivity index (χ0n) is 10.4. The summed E-state index contributed by atoms with van der Waals surface area (Å²) in [6, 6.07) is 9.04. The maximum absolute atomic E-state index is 11.8. The largest absolute Gasteiger partial charge is 0.323 e. The summed E-state index contributed by atoms with van der Waals surface area (Å²) in [7, 11) is 0. The molecule has 18 heavy (non-hydrogen) atoms. The normalized spacial score (nSPS) is 9.89. The van der Waals surface area contributed by atoms with Crippen LogP contribution in [0.2, 0.25) is 0 Å². The Morgan fingerprint density at radius 2 is 1.78 bits per heavy atom. The summed E-state index contributed by atoms with van der Waals surface area (Å²) in [6.45, 7) is 4.00. The molecule has 2 N–H and O–H groups in total. The van der Waals surface area contributed by atoms with E-state index >= 15 is 0 Å². The molecule has 4 heteroatoms. The van der Waals surface area contributed by atoms with Crippen molar-refractivity contribution >= 4 is 17.4 Å². The van der Waals surface area contributed by atoms with Gasteiger partial charge in [0.25, 0.3) is 0 Å². The van der Waals surface area contributed by atoms with Gasteiger partial charge in [0.15, 0.2) is 0 Å². The second-order valence-electron chi connectivity index (χ2n) is 4.06. The molecule has 2 aromatic rings. The van der Waals surface area contributed by atoms with Gasteiger partial charge in [-0.15, -0.1) is 0 Å². The number of carbonyl (C=O) groups excluding carboxylic acids is 1.